The van der Waals surface area contributed by atoms with E-state index in [2.05, 4.69) is 94.0 Å². The lowest BCUT2D eigenvalue weighted by molar-refractivity contribution is 0.152. The minimum absolute atomic E-state index is 0.298. The van der Waals surface area contributed by atoms with E-state index in [0.717, 1.165) is 63.5 Å². The van der Waals surface area contributed by atoms with Gasteiger partial charge in [0.05, 0.1) is 35.0 Å². The van der Waals surface area contributed by atoms with Gasteiger partial charge in [0, 0.05) is 46.0 Å². The lowest BCUT2D eigenvalue weighted by Gasteiger charge is -2.35. The molecule has 6 heteroatoms. The predicted octanol–water partition coefficient (Wildman–Crippen LogP) is 4.80. The number of nitrogens with zero attached hydrogens (tertiary/aromatic N) is 6. The average Bonchev–Trinajstić information content (AvgIpc) is 3.24. The highest BCUT2D eigenvalue weighted by molar-refractivity contribution is 5.89. The number of para-hydroxylation sites is 1. The molecule has 4 aromatic rings. The highest BCUT2D eigenvalue weighted by atomic mass is 15.3. The number of benzene rings is 2. The van der Waals surface area contributed by atoms with Gasteiger partial charge in [-0.25, -0.2) is 4.98 Å². The Balaban J connectivity index is 1.36. The van der Waals surface area contributed by atoms with Crippen molar-refractivity contribution in [2.45, 2.75) is 38.4 Å². The van der Waals surface area contributed by atoms with Crippen LogP contribution >= 0.6 is 0 Å². The van der Waals surface area contributed by atoms with Crippen molar-refractivity contribution < 1.29 is 0 Å². The number of anilines is 1. The summed E-state index contributed by atoms with van der Waals surface area (Å²) >= 11 is 0. The van der Waals surface area contributed by atoms with Crippen molar-refractivity contribution in [3.63, 3.8) is 0 Å². The summed E-state index contributed by atoms with van der Waals surface area (Å²) < 4.78 is 2.34. The number of aromatic nitrogens is 3. The molecule has 2 aromatic heterocycles. The topological polar surface area (TPSA) is 40.4 Å². The standard InChI is InChI=1S/C30H36N6/c1-33-17-19-35(20-18-33)27-15-7-13-25-30(27)34(2)28(32-25)22-36(21-23-9-4-3-5-10-23)26-14-6-11-24-12-8-16-31-29(24)26/h3-5,7-10,12-13,15-16,26H,6,11,14,17-22H2,1-2H3. The van der Waals surface area contributed by atoms with E-state index in [4.69, 9.17) is 9.97 Å². The molecule has 6 nitrogen and oxygen atoms in total. The molecule has 1 fully saturated rings. The van der Waals surface area contributed by atoms with Gasteiger partial charge in [-0.3, -0.25) is 9.88 Å². The smallest absolute Gasteiger partial charge is 0.123 e. The van der Waals surface area contributed by atoms with Crippen LogP contribution in [-0.2, 0) is 26.6 Å². The van der Waals surface area contributed by atoms with Gasteiger partial charge in [0.15, 0.2) is 0 Å². The third kappa shape index (κ3) is 4.51. The molecular weight excluding hydrogens is 444 g/mol. The molecule has 1 saturated heterocycles. The number of hydrogen-bond acceptors (Lipinski definition) is 5. The molecule has 0 spiro atoms. The van der Waals surface area contributed by atoms with E-state index in [1.807, 2.05) is 6.20 Å². The monoisotopic (exact) mass is 480 g/mol. The Labute approximate surface area is 214 Å². The van der Waals surface area contributed by atoms with Crippen LogP contribution in [-0.4, -0.2) is 57.6 Å². The summed E-state index contributed by atoms with van der Waals surface area (Å²) in [4.78, 5) is 17.6. The molecule has 2 aromatic carbocycles. The van der Waals surface area contributed by atoms with Gasteiger partial charge in [0.2, 0.25) is 0 Å². The minimum atomic E-state index is 0.298. The van der Waals surface area contributed by atoms with Gasteiger partial charge in [-0.2, -0.15) is 0 Å². The molecule has 3 heterocycles. The zero-order valence-corrected chi connectivity index (χ0v) is 21.5. The van der Waals surface area contributed by atoms with Gasteiger partial charge < -0.3 is 14.4 Å². The van der Waals surface area contributed by atoms with E-state index in [9.17, 15) is 0 Å². The summed E-state index contributed by atoms with van der Waals surface area (Å²) in [5, 5.41) is 0. The number of piperazine rings is 1. The molecule has 1 atom stereocenters. The Bertz CT molecular complexity index is 1320. The van der Waals surface area contributed by atoms with E-state index in [1.54, 1.807) is 0 Å². The van der Waals surface area contributed by atoms with Gasteiger partial charge in [0.25, 0.3) is 0 Å². The lowest BCUT2D eigenvalue weighted by Crippen LogP contribution is -2.44. The number of likely N-dealkylation sites (N-methyl/N-ethyl adjacent to an activating group) is 1. The molecule has 36 heavy (non-hydrogen) atoms. The van der Waals surface area contributed by atoms with Crippen LogP contribution in [0.1, 0.15) is 41.5 Å². The summed E-state index contributed by atoms with van der Waals surface area (Å²) in [5.41, 5.74) is 7.62. The number of aryl methyl sites for hydroxylation is 2. The number of rotatable bonds is 6. The maximum absolute atomic E-state index is 5.18. The molecule has 0 bridgehead atoms. The zero-order chi connectivity index (χ0) is 24.5. The number of fused-ring (bicyclic) bond motifs is 2. The molecule has 0 saturated carbocycles. The lowest BCUT2D eigenvalue weighted by atomic mass is 9.90. The van der Waals surface area contributed by atoms with E-state index in [0.29, 0.717) is 6.04 Å². The van der Waals surface area contributed by atoms with E-state index < -0.39 is 0 Å². The predicted molar refractivity (Wildman–Crippen MR) is 146 cm³/mol. The normalized spacial score (nSPS) is 18.6. The molecule has 186 valence electrons. The fourth-order valence-electron chi connectivity index (χ4n) is 5.96. The fraction of sp³-hybridized carbons (Fsp3) is 0.400. The molecule has 0 radical (unpaired) electrons. The molecule has 0 amide bonds. The first kappa shape index (κ1) is 23.2. The molecule has 6 rings (SSSR count). The van der Waals surface area contributed by atoms with Gasteiger partial charge >= 0.3 is 0 Å². The average molecular weight is 481 g/mol. The summed E-state index contributed by atoms with van der Waals surface area (Å²) in [6, 6.07) is 22.1. The van der Waals surface area contributed by atoms with Crippen LogP contribution in [0.4, 0.5) is 5.69 Å². The minimum Gasteiger partial charge on any atom is -0.367 e. The van der Waals surface area contributed by atoms with Crippen LogP contribution in [0, 0.1) is 0 Å². The summed E-state index contributed by atoms with van der Waals surface area (Å²) in [5.74, 6) is 1.12. The third-order valence-electron chi connectivity index (χ3n) is 7.99. The van der Waals surface area contributed by atoms with E-state index in [-0.39, 0.29) is 0 Å². The zero-order valence-electron chi connectivity index (χ0n) is 21.5. The van der Waals surface area contributed by atoms with E-state index >= 15 is 0 Å². The Morgan fingerprint density at radius 3 is 2.56 bits per heavy atom. The Hall–Kier alpha value is -3.22. The third-order valence-corrected chi connectivity index (χ3v) is 7.99. The van der Waals surface area contributed by atoms with Gasteiger partial charge in [-0.05, 0) is 55.6 Å². The van der Waals surface area contributed by atoms with Crippen LogP contribution in [0.3, 0.4) is 0 Å². The van der Waals surface area contributed by atoms with Gasteiger partial charge in [-0.15, -0.1) is 0 Å². The second-order valence-corrected chi connectivity index (χ2v) is 10.4. The Morgan fingerprint density at radius 2 is 1.72 bits per heavy atom. The summed E-state index contributed by atoms with van der Waals surface area (Å²) in [6.45, 7) is 5.99. The van der Waals surface area contributed by atoms with Crippen LogP contribution in [0.5, 0.6) is 0 Å². The Morgan fingerprint density at radius 1 is 0.889 bits per heavy atom. The van der Waals surface area contributed by atoms with Gasteiger partial charge in [-0.1, -0.05) is 42.5 Å². The van der Waals surface area contributed by atoms with Crippen molar-refractivity contribution in [1.29, 1.82) is 0 Å². The van der Waals surface area contributed by atoms with Crippen LogP contribution in [0.2, 0.25) is 0 Å². The second-order valence-electron chi connectivity index (χ2n) is 10.4. The number of pyridine rings is 1. The molecule has 2 aliphatic rings. The van der Waals surface area contributed by atoms with Crippen molar-refractivity contribution >= 4 is 16.7 Å². The number of imidazole rings is 1. The van der Waals surface area contributed by atoms with Crippen LogP contribution in [0.25, 0.3) is 11.0 Å². The van der Waals surface area contributed by atoms with Crippen molar-refractivity contribution in [1.82, 2.24) is 24.3 Å². The van der Waals surface area contributed by atoms with Crippen molar-refractivity contribution in [3.05, 3.63) is 89.5 Å². The SMILES string of the molecule is CN1CCN(c2cccc3nc(CN(Cc4ccccc4)C4CCCc5cccnc54)n(C)c23)CC1. The quantitative estimate of drug-likeness (QED) is 0.397. The molecule has 1 aliphatic heterocycles. The van der Waals surface area contributed by atoms with E-state index in [1.165, 1.54) is 34.4 Å². The molecule has 1 aliphatic carbocycles. The highest BCUT2D eigenvalue weighted by Gasteiger charge is 2.29. The second kappa shape index (κ2) is 10.0. The maximum Gasteiger partial charge on any atom is 0.123 e. The molecule has 0 N–H and O–H groups in total. The summed E-state index contributed by atoms with van der Waals surface area (Å²) in [7, 11) is 4.40. The highest BCUT2D eigenvalue weighted by Crippen LogP contribution is 2.35. The van der Waals surface area contributed by atoms with Crippen molar-refractivity contribution in [2.24, 2.45) is 7.05 Å². The largest absolute Gasteiger partial charge is 0.367 e. The fourth-order valence-corrected chi connectivity index (χ4v) is 5.96. The summed E-state index contributed by atoms with van der Waals surface area (Å²) in [6.07, 6.45) is 5.41. The van der Waals surface area contributed by atoms with Crippen molar-refractivity contribution in [3.8, 4) is 0 Å². The number of hydrogen-bond donors (Lipinski definition) is 0. The maximum atomic E-state index is 5.18. The van der Waals surface area contributed by atoms with Crippen molar-refractivity contribution in [2.75, 3.05) is 38.1 Å². The first-order chi connectivity index (χ1) is 17.7. The van der Waals surface area contributed by atoms with Gasteiger partial charge in [0.1, 0.15) is 5.82 Å². The molecular formula is C30H36N6. The van der Waals surface area contributed by atoms with Crippen LogP contribution < -0.4 is 4.90 Å². The Kier molecular flexibility index (Phi) is 6.46. The first-order valence-electron chi connectivity index (χ1n) is 13.3. The molecule has 1 unspecified atom stereocenters. The van der Waals surface area contributed by atoms with Crippen LogP contribution in [0.15, 0.2) is 66.9 Å². The first-order valence-corrected chi connectivity index (χ1v) is 13.3.